The number of fused-ring (bicyclic) bond motifs is 1. The zero-order valence-corrected chi connectivity index (χ0v) is 12.6. The summed E-state index contributed by atoms with van der Waals surface area (Å²) in [6, 6.07) is 6.06. The standard InChI is InChI=1S/C17H24N2O2/c20-18-16-8-3-7-15-14(16)6-4-9-17(15)21-13-5-12-19-10-1-2-11-19/h4,6,9,20H,1-3,5,7-8,10-13H2. The second-order valence-corrected chi connectivity index (χ2v) is 5.93. The van der Waals surface area contributed by atoms with E-state index in [1.54, 1.807) is 0 Å². The summed E-state index contributed by atoms with van der Waals surface area (Å²) in [5, 5.41) is 12.5. The Morgan fingerprint density at radius 3 is 2.81 bits per heavy atom. The van der Waals surface area contributed by atoms with Crippen molar-refractivity contribution >= 4 is 5.71 Å². The number of ether oxygens (including phenoxy) is 1. The molecule has 0 spiro atoms. The number of hydrogen-bond donors (Lipinski definition) is 1. The van der Waals surface area contributed by atoms with E-state index < -0.39 is 0 Å². The van der Waals surface area contributed by atoms with Gasteiger partial charge in [0.1, 0.15) is 5.75 Å². The maximum absolute atomic E-state index is 9.11. The van der Waals surface area contributed by atoms with Crippen molar-refractivity contribution in [1.29, 1.82) is 0 Å². The van der Waals surface area contributed by atoms with Crippen LogP contribution in [-0.2, 0) is 6.42 Å². The van der Waals surface area contributed by atoms with E-state index >= 15 is 0 Å². The average molecular weight is 288 g/mol. The van der Waals surface area contributed by atoms with Gasteiger partial charge in [0.2, 0.25) is 0 Å². The van der Waals surface area contributed by atoms with Crippen molar-refractivity contribution in [3.63, 3.8) is 0 Å². The summed E-state index contributed by atoms with van der Waals surface area (Å²) in [6.45, 7) is 4.39. The Hall–Kier alpha value is -1.55. The number of benzene rings is 1. The van der Waals surface area contributed by atoms with E-state index in [-0.39, 0.29) is 0 Å². The Bertz CT molecular complexity index is 508. The Kier molecular flexibility index (Phi) is 4.76. The molecule has 0 amide bonds. The summed E-state index contributed by atoms with van der Waals surface area (Å²) in [4.78, 5) is 2.51. The largest absolute Gasteiger partial charge is 0.493 e. The van der Waals surface area contributed by atoms with Crippen LogP contribution >= 0.6 is 0 Å². The number of hydrogen-bond acceptors (Lipinski definition) is 4. The van der Waals surface area contributed by atoms with Crippen LogP contribution in [0.25, 0.3) is 0 Å². The molecule has 21 heavy (non-hydrogen) atoms. The van der Waals surface area contributed by atoms with Crippen LogP contribution in [0, 0.1) is 0 Å². The zero-order chi connectivity index (χ0) is 14.5. The topological polar surface area (TPSA) is 45.1 Å². The van der Waals surface area contributed by atoms with Gasteiger partial charge in [-0.3, -0.25) is 0 Å². The van der Waals surface area contributed by atoms with Crippen molar-refractivity contribution in [2.75, 3.05) is 26.2 Å². The molecule has 1 saturated heterocycles. The average Bonchev–Trinajstić information content (AvgIpc) is 3.04. The highest BCUT2D eigenvalue weighted by molar-refractivity contribution is 6.02. The highest BCUT2D eigenvalue weighted by atomic mass is 16.5. The van der Waals surface area contributed by atoms with E-state index in [1.165, 1.54) is 31.5 Å². The number of nitrogens with zero attached hydrogens (tertiary/aromatic N) is 2. The summed E-state index contributed by atoms with van der Waals surface area (Å²) < 4.78 is 5.99. The maximum atomic E-state index is 9.11. The molecule has 0 saturated carbocycles. The van der Waals surface area contributed by atoms with Crippen LogP contribution in [0.15, 0.2) is 23.4 Å². The quantitative estimate of drug-likeness (QED) is 0.514. The van der Waals surface area contributed by atoms with Gasteiger partial charge in [0.25, 0.3) is 0 Å². The number of likely N-dealkylation sites (tertiary alicyclic amines) is 1. The smallest absolute Gasteiger partial charge is 0.123 e. The molecule has 0 aromatic heterocycles. The molecule has 0 atom stereocenters. The van der Waals surface area contributed by atoms with Crippen LogP contribution < -0.4 is 4.74 Å². The number of oxime groups is 1. The molecule has 4 heteroatoms. The Morgan fingerprint density at radius 2 is 2.00 bits per heavy atom. The molecule has 1 aromatic rings. The summed E-state index contributed by atoms with van der Waals surface area (Å²) >= 11 is 0. The second kappa shape index (κ2) is 6.94. The molecule has 1 N–H and O–H groups in total. The van der Waals surface area contributed by atoms with Crippen LogP contribution in [0.3, 0.4) is 0 Å². The highest BCUT2D eigenvalue weighted by Crippen LogP contribution is 2.30. The van der Waals surface area contributed by atoms with Crippen LogP contribution in [0.5, 0.6) is 5.75 Å². The SMILES string of the molecule is ON=C1CCCc2c(OCCCN3CCCC3)cccc21. The normalized spacial score (nSPS) is 20.7. The van der Waals surface area contributed by atoms with Gasteiger partial charge in [0.15, 0.2) is 0 Å². The van der Waals surface area contributed by atoms with Gasteiger partial charge in [-0.2, -0.15) is 0 Å². The predicted octanol–water partition coefficient (Wildman–Crippen LogP) is 3.07. The minimum atomic E-state index is 0.762. The Labute approximate surface area is 126 Å². The first-order chi connectivity index (χ1) is 10.4. The van der Waals surface area contributed by atoms with Gasteiger partial charge in [-0.1, -0.05) is 17.3 Å². The lowest BCUT2D eigenvalue weighted by Crippen LogP contribution is -2.22. The molecule has 2 aliphatic rings. The van der Waals surface area contributed by atoms with Crippen molar-refractivity contribution in [1.82, 2.24) is 4.90 Å². The molecule has 1 heterocycles. The lowest BCUT2D eigenvalue weighted by molar-refractivity contribution is 0.261. The van der Waals surface area contributed by atoms with Crippen LogP contribution in [0.2, 0.25) is 0 Å². The minimum absolute atomic E-state index is 0.762. The second-order valence-electron chi connectivity index (χ2n) is 5.93. The van der Waals surface area contributed by atoms with Crippen molar-refractivity contribution in [2.24, 2.45) is 5.16 Å². The molecule has 0 radical (unpaired) electrons. The summed E-state index contributed by atoms with van der Waals surface area (Å²) in [5.41, 5.74) is 3.05. The first-order valence-electron chi connectivity index (χ1n) is 8.07. The molecule has 1 aliphatic carbocycles. The molecule has 1 aromatic carbocycles. The molecule has 3 rings (SSSR count). The fraction of sp³-hybridized carbons (Fsp3) is 0.588. The van der Waals surface area contributed by atoms with Gasteiger partial charge >= 0.3 is 0 Å². The molecule has 1 fully saturated rings. The predicted molar refractivity (Wildman–Crippen MR) is 83.5 cm³/mol. The van der Waals surface area contributed by atoms with Gasteiger partial charge in [-0.05, 0) is 57.7 Å². The van der Waals surface area contributed by atoms with E-state index in [9.17, 15) is 0 Å². The third kappa shape index (κ3) is 3.38. The van der Waals surface area contributed by atoms with Crippen molar-refractivity contribution in [2.45, 2.75) is 38.5 Å². The van der Waals surface area contributed by atoms with Gasteiger partial charge in [-0.25, -0.2) is 0 Å². The molecule has 1 aliphatic heterocycles. The Morgan fingerprint density at radius 1 is 1.14 bits per heavy atom. The van der Waals surface area contributed by atoms with E-state index in [1.807, 2.05) is 18.2 Å². The van der Waals surface area contributed by atoms with E-state index in [2.05, 4.69) is 10.1 Å². The lowest BCUT2D eigenvalue weighted by atomic mass is 9.89. The molecule has 114 valence electrons. The monoisotopic (exact) mass is 288 g/mol. The van der Waals surface area contributed by atoms with Crippen LogP contribution in [0.4, 0.5) is 0 Å². The molecular formula is C17H24N2O2. The van der Waals surface area contributed by atoms with Gasteiger partial charge in [0, 0.05) is 17.7 Å². The zero-order valence-electron chi connectivity index (χ0n) is 12.6. The maximum Gasteiger partial charge on any atom is 0.123 e. The van der Waals surface area contributed by atoms with Crippen LogP contribution in [-0.4, -0.2) is 42.1 Å². The van der Waals surface area contributed by atoms with Crippen LogP contribution in [0.1, 0.15) is 43.2 Å². The van der Waals surface area contributed by atoms with Gasteiger partial charge in [0.05, 0.1) is 12.3 Å². The molecule has 0 unspecified atom stereocenters. The summed E-state index contributed by atoms with van der Waals surface area (Å²) in [6.07, 6.45) is 6.65. The van der Waals surface area contributed by atoms with Gasteiger partial charge in [-0.15, -0.1) is 0 Å². The third-order valence-corrected chi connectivity index (χ3v) is 4.48. The summed E-state index contributed by atoms with van der Waals surface area (Å²) in [5.74, 6) is 0.967. The Balaban J connectivity index is 1.58. The minimum Gasteiger partial charge on any atom is -0.493 e. The van der Waals surface area contributed by atoms with E-state index in [0.29, 0.717) is 0 Å². The van der Waals surface area contributed by atoms with E-state index in [0.717, 1.165) is 55.9 Å². The molecule has 4 nitrogen and oxygen atoms in total. The number of rotatable bonds is 5. The van der Waals surface area contributed by atoms with Crippen molar-refractivity contribution in [3.05, 3.63) is 29.3 Å². The highest BCUT2D eigenvalue weighted by Gasteiger charge is 2.19. The first kappa shape index (κ1) is 14.4. The fourth-order valence-electron chi connectivity index (χ4n) is 3.38. The fourth-order valence-corrected chi connectivity index (χ4v) is 3.38. The van der Waals surface area contributed by atoms with Gasteiger partial charge < -0.3 is 14.8 Å². The summed E-state index contributed by atoms with van der Waals surface area (Å²) in [7, 11) is 0. The third-order valence-electron chi connectivity index (χ3n) is 4.48. The van der Waals surface area contributed by atoms with Crippen molar-refractivity contribution < 1.29 is 9.94 Å². The first-order valence-corrected chi connectivity index (χ1v) is 8.07. The van der Waals surface area contributed by atoms with E-state index in [4.69, 9.17) is 9.94 Å². The molecular weight excluding hydrogens is 264 g/mol. The lowest BCUT2D eigenvalue weighted by Gasteiger charge is -2.20. The molecule has 0 bridgehead atoms. The van der Waals surface area contributed by atoms with Crippen molar-refractivity contribution in [3.8, 4) is 5.75 Å².